The van der Waals surface area contributed by atoms with Gasteiger partial charge in [0.1, 0.15) is 18.7 Å². The Labute approximate surface area is 173 Å². The number of ether oxygens (including phenoxy) is 1. The Morgan fingerprint density at radius 2 is 1.53 bits per heavy atom. The van der Waals surface area contributed by atoms with Crippen molar-refractivity contribution in [2.75, 3.05) is 13.2 Å². The Kier molecular flexibility index (Phi) is 6.68. The van der Waals surface area contributed by atoms with Gasteiger partial charge in [-0.05, 0) is 28.7 Å². The number of hydrogen-bond acceptors (Lipinski definition) is 5. The molecule has 3 rings (SSSR count). The molecule has 8 heteroatoms. The molecule has 1 aliphatic carbocycles. The van der Waals surface area contributed by atoms with Gasteiger partial charge in [-0.2, -0.15) is 0 Å². The van der Waals surface area contributed by atoms with Gasteiger partial charge >= 0.3 is 12.1 Å². The van der Waals surface area contributed by atoms with Crippen LogP contribution in [0.4, 0.5) is 4.79 Å². The number of hydrogen-bond donors (Lipinski definition) is 4. The van der Waals surface area contributed by atoms with Gasteiger partial charge in [-0.1, -0.05) is 55.5 Å². The zero-order valence-electron chi connectivity index (χ0n) is 16.5. The Morgan fingerprint density at radius 1 is 0.967 bits per heavy atom. The van der Waals surface area contributed by atoms with Gasteiger partial charge in [0.15, 0.2) is 0 Å². The van der Waals surface area contributed by atoms with Crippen molar-refractivity contribution in [3.05, 3.63) is 59.7 Å². The Morgan fingerprint density at radius 3 is 2.03 bits per heavy atom. The van der Waals surface area contributed by atoms with Gasteiger partial charge in [0.2, 0.25) is 5.91 Å². The third-order valence-corrected chi connectivity index (χ3v) is 5.16. The number of carboxylic acid groups (broad SMARTS) is 1. The molecule has 0 aromatic heterocycles. The smallest absolute Gasteiger partial charge is 0.407 e. The second kappa shape index (κ2) is 9.41. The summed E-state index contributed by atoms with van der Waals surface area (Å²) in [7, 11) is 0. The van der Waals surface area contributed by atoms with Crippen LogP contribution in [0.25, 0.3) is 11.1 Å². The Balaban J connectivity index is 1.63. The molecule has 0 saturated carbocycles. The summed E-state index contributed by atoms with van der Waals surface area (Å²) in [5, 5.41) is 22.6. The first kappa shape index (κ1) is 21.3. The number of carbonyl (C=O) groups is 3. The van der Waals surface area contributed by atoms with Crippen LogP contribution in [-0.4, -0.2) is 53.5 Å². The maximum atomic E-state index is 12.3. The van der Waals surface area contributed by atoms with Gasteiger partial charge in [0, 0.05) is 5.92 Å². The first-order valence-electron chi connectivity index (χ1n) is 9.71. The minimum atomic E-state index is -1.43. The van der Waals surface area contributed by atoms with Gasteiger partial charge in [-0.15, -0.1) is 0 Å². The highest BCUT2D eigenvalue weighted by atomic mass is 16.5. The van der Waals surface area contributed by atoms with Crippen molar-refractivity contribution in [2.24, 2.45) is 0 Å². The minimum absolute atomic E-state index is 0.103. The molecule has 0 spiro atoms. The van der Waals surface area contributed by atoms with E-state index in [0.29, 0.717) is 0 Å². The molecule has 158 valence electrons. The number of carbonyl (C=O) groups excluding carboxylic acids is 2. The van der Waals surface area contributed by atoms with Crippen molar-refractivity contribution in [1.29, 1.82) is 0 Å². The highest BCUT2D eigenvalue weighted by molar-refractivity contribution is 5.89. The number of alkyl carbamates (subject to hydrolysis) is 1. The lowest BCUT2D eigenvalue weighted by Gasteiger charge is -2.20. The molecule has 2 amide bonds. The van der Waals surface area contributed by atoms with E-state index in [0.717, 1.165) is 22.3 Å². The van der Waals surface area contributed by atoms with Crippen LogP contribution in [0.1, 0.15) is 30.4 Å². The summed E-state index contributed by atoms with van der Waals surface area (Å²) < 4.78 is 5.41. The van der Waals surface area contributed by atoms with Crippen molar-refractivity contribution in [2.45, 2.75) is 31.3 Å². The molecule has 0 unspecified atom stereocenters. The highest BCUT2D eigenvalue weighted by Gasteiger charge is 2.30. The quantitative estimate of drug-likeness (QED) is 0.525. The zero-order chi connectivity index (χ0) is 21.7. The lowest BCUT2D eigenvalue weighted by Crippen LogP contribution is -2.52. The molecule has 0 bridgehead atoms. The van der Waals surface area contributed by atoms with E-state index in [9.17, 15) is 14.4 Å². The van der Waals surface area contributed by atoms with E-state index in [1.165, 1.54) is 0 Å². The minimum Gasteiger partial charge on any atom is -0.480 e. The number of aliphatic carboxylic acids is 1. The third kappa shape index (κ3) is 4.44. The molecule has 0 heterocycles. The molecular formula is C22H24N2O6. The Hall–Kier alpha value is -3.39. The molecule has 30 heavy (non-hydrogen) atoms. The van der Waals surface area contributed by atoms with Crippen LogP contribution in [0.2, 0.25) is 0 Å². The number of aliphatic hydroxyl groups excluding tert-OH is 1. The number of fused-ring (bicyclic) bond motifs is 3. The van der Waals surface area contributed by atoms with Crippen molar-refractivity contribution in [3.63, 3.8) is 0 Å². The average Bonchev–Trinajstić information content (AvgIpc) is 3.07. The fraction of sp³-hybridized carbons (Fsp3) is 0.318. The molecule has 0 fully saturated rings. The topological polar surface area (TPSA) is 125 Å². The van der Waals surface area contributed by atoms with Gasteiger partial charge in [-0.25, -0.2) is 9.59 Å². The van der Waals surface area contributed by atoms with E-state index < -0.39 is 36.7 Å². The monoisotopic (exact) mass is 412 g/mol. The summed E-state index contributed by atoms with van der Waals surface area (Å²) in [6, 6.07) is 13.5. The number of aliphatic hydroxyl groups is 1. The summed E-state index contributed by atoms with van der Waals surface area (Å²) >= 11 is 0. The van der Waals surface area contributed by atoms with E-state index in [-0.39, 0.29) is 18.9 Å². The SMILES string of the molecule is CC[C@@H](NC(=O)OCC1c2ccccc2-c2ccccc21)C(=O)N[C@H](CO)C(=O)O. The number of benzene rings is 2. The van der Waals surface area contributed by atoms with Crippen molar-refractivity contribution >= 4 is 18.0 Å². The van der Waals surface area contributed by atoms with Crippen LogP contribution >= 0.6 is 0 Å². The fourth-order valence-electron chi connectivity index (χ4n) is 3.59. The molecule has 0 radical (unpaired) electrons. The molecule has 2 aromatic rings. The van der Waals surface area contributed by atoms with Crippen molar-refractivity contribution in [3.8, 4) is 11.1 Å². The molecule has 8 nitrogen and oxygen atoms in total. The normalized spacial score (nSPS) is 14.2. The first-order chi connectivity index (χ1) is 14.5. The molecule has 2 aromatic carbocycles. The Bertz CT molecular complexity index is 899. The molecule has 1 aliphatic rings. The van der Waals surface area contributed by atoms with Crippen molar-refractivity contribution < 1.29 is 29.3 Å². The van der Waals surface area contributed by atoms with Gasteiger partial charge < -0.3 is 25.6 Å². The van der Waals surface area contributed by atoms with Crippen LogP contribution < -0.4 is 10.6 Å². The summed E-state index contributed by atoms with van der Waals surface area (Å²) in [6.45, 7) is 1.03. The summed E-state index contributed by atoms with van der Waals surface area (Å²) in [5.41, 5.74) is 4.36. The maximum Gasteiger partial charge on any atom is 0.407 e. The van der Waals surface area contributed by atoms with Crippen LogP contribution in [0.3, 0.4) is 0 Å². The van der Waals surface area contributed by atoms with Crippen LogP contribution in [0.5, 0.6) is 0 Å². The fourth-order valence-corrected chi connectivity index (χ4v) is 3.59. The number of rotatable bonds is 8. The number of amides is 2. The lowest BCUT2D eigenvalue weighted by atomic mass is 9.98. The van der Waals surface area contributed by atoms with E-state index >= 15 is 0 Å². The highest BCUT2D eigenvalue weighted by Crippen LogP contribution is 2.44. The molecule has 4 N–H and O–H groups in total. The van der Waals surface area contributed by atoms with E-state index in [1.807, 2.05) is 48.5 Å². The van der Waals surface area contributed by atoms with E-state index in [1.54, 1.807) is 6.92 Å². The summed E-state index contributed by atoms with van der Waals surface area (Å²) in [5.74, 6) is -2.17. The maximum absolute atomic E-state index is 12.3. The average molecular weight is 412 g/mol. The second-order valence-corrected chi connectivity index (χ2v) is 7.01. The number of nitrogens with one attached hydrogen (secondary N) is 2. The molecular weight excluding hydrogens is 388 g/mol. The summed E-state index contributed by atoms with van der Waals surface area (Å²) in [6.07, 6.45) is -0.539. The van der Waals surface area contributed by atoms with E-state index in [2.05, 4.69) is 10.6 Å². The van der Waals surface area contributed by atoms with Crippen LogP contribution in [0, 0.1) is 0 Å². The van der Waals surface area contributed by atoms with Gasteiger partial charge in [-0.3, -0.25) is 4.79 Å². The second-order valence-electron chi connectivity index (χ2n) is 7.01. The van der Waals surface area contributed by atoms with Gasteiger partial charge in [0.05, 0.1) is 6.61 Å². The van der Waals surface area contributed by atoms with Crippen LogP contribution in [0.15, 0.2) is 48.5 Å². The first-order valence-corrected chi connectivity index (χ1v) is 9.71. The largest absolute Gasteiger partial charge is 0.480 e. The van der Waals surface area contributed by atoms with Crippen LogP contribution in [-0.2, 0) is 14.3 Å². The zero-order valence-corrected chi connectivity index (χ0v) is 16.5. The molecule has 2 atom stereocenters. The summed E-state index contributed by atoms with van der Waals surface area (Å²) in [4.78, 5) is 35.5. The van der Waals surface area contributed by atoms with Gasteiger partial charge in [0.25, 0.3) is 0 Å². The molecule has 0 saturated heterocycles. The predicted molar refractivity (Wildman–Crippen MR) is 109 cm³/mol. The molecule has 0 aliphatic heterocycles. The predicted octanol–water partition coefficient (Wildman–Crippen LogP) is 1.87. The lowest BCUT2D eigenvalue weighted by molar-refractivity contribution is -0.143. The number of carboxylic acids is 1. The van der Waals surface area contributed by atoms with Crippen molar-refractivity contribution in [1.82, 2.24) is 10.6 Å². The standard InChI is InChI=1S/C22H24N2O6/c1-2-18(20(26)23-19(11-25)21(27)28)24-22(29)30-12-17-15-9-5-3-7-13(15)14-8-4-6-10-16(14)17/h3-10,17-19,25H,2,11-12H2,1H3,(H,23,26)(H,24,29)(H,27,28)/t18-,19-/m1/s1. The third-order valence-electron chi connectivity index (χ3n) is 5.16. The van der Waals surface area contributed by atoms with E-state index in [4.69, 9.17) is 14.9 Å².